The number of nitrogens with one attached hydrogen (secondary N) is 1. The van der Waals surface area contributed by atoms with E-state index in [9.17, 15) is 4.79 Å². The van der Waals surface area contributed by atoms with Gasteiger partial charge >= 0.3 is 0 Å². The molecule has 3 heterocycles. The van der Waals surface area contributed by atoms with Crippen molar-refractivity contribution in [3.8, 4) is 10.7 Å². The molecule has 0 saturated heterocycles. The Bertz CT molecular complexity index is 1020. The lowest BCUT2D eigenvalue weighted by molar-refractivity contribution is -0.116. The maximum absolute atomic E-state index is 12.2. The minimum atomic E-state index is -0.0331. The summed E-state index contributed by atoms with van der Waals surface area (Å²) in [5, 5.41) is 13.1. The van der Waals surface area contributed by atoms with Crippen LogP contribution in [0.1, 0.15) is 24.3 Å². The predicted molar refractivity (Wildman–Crippen MR) is 107 cm³/mol. The number of aryl methyl sites for hydroxylation is 1. The van der Waals surface area contributed by atoms with Crippen molar-refractivity contribution in [1.82, 2.24) is 19.9 Å². The summed E-state index contributed by atoms with van der Waals surface area (Å²) in [7, 11) is 0. The van der Waals surface area contributed by atoms with Crippen molar-refractivity contribution >= 4 is 22.9 Å². The van der Waals surface area contributed by atoms with Gasteiger partial charge in [-0.1, -0.05) is 23.4 Å². The number of aromatic nitrogens is 4. The maximum Gasteiger partial charge on any atom is 0.226 e. The van der Waals surface area contributed by atoms with Crippen molar-refractivity contribution in [2.45, 2.75) is 25.8 Å². The first-order valence-electron chi connectivity index (χ1n) is 8.99. The van der Waals surface area contributed by atoms with Crippen LogP contribution in [0.25, 0.3) is 10.7 Å². The number of carbonyl (C=O) groups excluding carboxylic acids is 1. The Balaban J connectivity index is 1.26. The molecule has 0 bridgehead atoms. The molecule has 7 nitrogen and oxygen atoms in total. The highest BCUT2D eigenvalue weighted by molar-refractivity contribution is 7.13. The highest BCUT2D eigenvalue weighted by atomic mass is 32.1. The van der Waals surface area contributed by atoms with Gasteiger partial charge in [-0.05, 0) is 41.6 Å². The van der Waals surface area contributed by atoms with Gasteiger partial charge in [-0.3, -0.25) is 9.48 Å². The number of carbonyl (C=O) groups is 1. The van der Waals surface area contributed by atoms with Gasteiger partial charge in [0.05, 0.1) is 11.4 Å². The fourth-order valence-electron chi connectivity index (χ4n) is 2.81. The lowest BCUT2D eigenvalue weighted by Crippen LogP contribution is -2.12. The Hall–Kier alpha value is -3.26. The monoisotopic (exact) mass is 393 g/mol. The van der Waals surface area contributed by atoms with Gasteiger partial charge in [0, 0.05) is 30.9 Å². The van der Waals surface area contributed by atoms with Crippen LogP contribution in [0.2, 0.25) is 0 Å². The summed E-state index contributed by atoms with van der Waals surface area (Å²) in [5.74, 6) is 1.12. The number of thiophene rings is 1. The molecule has 1 N–H and O–H groups in total. The number of amides is 1. The molecule has 0 aliphatic carbocycles. The fourth-order valence-corrected chi connectivity index (χ4v) is 3.46. The molecule has 0 aliphatic rings. The lowest BCUT2D eigenvalue weighted by atomic mass is 10.2. The van der Waals surface area contributed by atoms with E-state index in [0.717, 1.165) is 16.1 Å². The predicted octanol–water partition coefficient (Wildman–Crippen LogP) is 4.00. The van der Waals surface area contributed by atoms with Gasteiger partial charge in [-0.15, -0.1) is 11.3 Å². The summed E-state index contributed by atoms with van der Waals surface area (Å²) in [6.45, 7) is 0.667. The molecule has 0 fully saturated rings. The average molecular weight is 393 g/mol. The average Bonchev–Trinajstić information content (AvgIpc) is 3.44. The van der Waals surface area contributed by atoms with E-state index in [1.807, 2.05) is 58.7 Å². The number of rotatable bonds is 8. The van der Waals surface area contributed by atoms with E-state index in [1.165, 1.54) is 0 Å². The van der Waals surface area contributed by atoms with E-state index in [2.05, 4.69) is 20.6 Å². The molecule has 8 heteroatoms. The molecule has 0 spiro atoms. The zero-order valence-electron chi connectivity index (χ0n) is 15.1. The summed E-state index contributed by atoms with van der Waals surface area (Å²) in [6, 6.07) is 13.6. The third-order valence-electron chi connectivity index (χ3n) is 4.12. The molecule has 1 amide bonds. The van der Waals surface area contributed by atoms with E-state index < -0.39 is 0 Å². The van der Waals surface area contributed by atoms with Crippen LogP contribution in [0.4, 0.5) is 5.69 Å². The second kappa shape index (κ2) is 8.62. The molecule has 0 saturated carbocycles. The van der Waals surface area contributed by atoms with Crippen molar-refractivity contribution in [3.63, 3.8) is 0 Å². The van der Waals surface area contributed by atoms with Crippen molar-refractivity contribution in [2.24, 2.45) is 0 Å². The highest BCUT2D eigenvalue weighted by Gasteiger charge is 2.10. The van der Waals surface area contributed by atoms with Gasteiger partial charge in [0.25, 0.3) is 0 Å². The van der Waals surface area contributed by atoms with Gasteiger partial charge in [0.1, 0.15) is 0 Å². The van der Waals surface area contributed by atoms with Crippen LogP contribution in [-0.2, 0) is 17.8 Å². The van der Waals surface area contributed by atoms with Crippen molar-refractivity contribution in [1.29, 1.82) is 0 Å². The molecule has 1 aromatic carbocycles. The van der Waals surface area contributed by atoms with E-state index in [1.54, 1.807) is 17.5 Å². The number of anilines is 1. The molecule has 28 heavy (non-hydrogen) atoms. The maximum atomic E-state index is 12.2. The summed E-state index contributed by atoms with van der Waals surface area (Å²) in [6.07, 6.45) is 5.27. The zero-order valence-corrected chi connectivity index (χ0v) is 15.9. The van der Waals surface area contributed by atoms with Gasteiger partial charge in [-0.25, -0.2) is 0 Å². The number of hydrogen-bond acceptors (Lipinski definition) is 6. The summed E-state index contributed by atoms with van der Waals surface area (Å²) in [4.78, 5) is 17.6. The molecule has 0 aliphatic heterocycles. The molecule has 3 aromatic heterocycles. The summed E-state index contributed by atoms with van der Waals surface area (Å²) < 4.78 is 7.10. The van der Waals surface area contributed by atoms with Gasteiger partial charge in [0.15, 0.2) is 0 Å². The first-order valence-corrected chi connectivity index (χ1v) is 9.87. The zero-order chi connectivity index (χ0) is 19.2. The van der Waals surface area contributed by atoms with Crippen LogP contribution in [0.15, 0.2) is 64.8 Å². The molecule has 142 valence electrons. The SMILES string of the molecule is O=C(CCCc1nc(-c2cccs2)no1)Nc1cccc(Cn2cccn2)c1. The second-order valence-corrected chi connectivity index (χ2v) is 7.24. The van der Waals surface area contributed by atoms with Crippen LogP contribution in [0.3, 0.4) is 0 Å². The molecule has 0 unspecified atom stereocenters. The summed E-state index contributed by atoms with van der Waals surface area (Å²) >= 11 is 1.57. The van der Waals surface area contributed by atoms with E-state index in [-0.39, 0.29) is 5.91 Å². The fraction of sp³-hybridized carbons (Fsp3) is 0.200. The van der Waals surface area contributed by atoms with Crippen molar-refractivity contribution in [3.05, 3.63) is 71.7 Å². The topological polar surface area (TPSA) is 85.8 Å². The first-order chi connectivity index (χ1) is 13.8. The van der Waals surface area contributed by atoms with Gasteiger partial charge in [0.2, 0.25) is 17.6 Å². The third kappa shape index (κ3) is 4.72. The van der Waals surface area contributed by atoms with E-state index in [0.29, 0.717) is 37.5 Å². The Morgan fingerprint density at radius 3 is 3.00 bits per heavy atom. The van der Waals surface area contributed by atoms with Gasteiger partial charge in [-0.2, -0.15) is 10.1 Å². The third-order valence-corrected chi connectivity index (χ3v) is 4.98. The number of nitrogens with zero attached hydrogens (tertiary/aromatic N) is 4. The molecular formula is C20H19N5O2S. The van der Waals surface area contributed by atoms with Crippen molar-refractivity contribution in [2.75, 3.05) is 5.32 Å². The van der Waals surface area contributed by atoms with E-state index >= 15 is 0 Å². The molecular weight excluding hydrogens is 374 g/mol. The lowest BCUT2D eigenvalue weighted by Gasteiger charge is -2.07. The first kappa shape index (κ1) is 18.1. The molecule has 0 radical (unpaired) electrons. The minimum Gasteiger partial charge on any atom is -0.339 e. The Morgan fingerprint density at radius 1 is 1.21 bits per heavy atom. The minimum absolute atomic E-state index is 0.0331. The van der Waals surface area contributed by atoms with Crippen LogP contribution in [-0.4, -0.2) is 25.8 Å². The number of hydrogen-bond donors (Lipinski definition) is 1. The van der Waals surface area contributed by atoms with Gasteiger partial charge < -0.3 is 9.84 Å². The summed E-state index contributed by atoms with van der Waals surface area (Å²) in [5.41, 5.74) is 1.86. The molecule has 4 aromatic rings. The Kier molecular flexibility index (Phi) is 5.58. The van der Waals surface area contributed by atoms with Crippen molar-refractivity contribution < 1.29 is 9.32 Å². The van der Waals surface area contributed by atoms with Crippen LogP contribution in [0, 0.1) is 0 Å². The standard InChI is InChI=1S/C20H19N5O2S/c26-18(8-2-9-19-23-20(24-27-19)17-7-3-12-28-17)22-16-6-1-5-15(13-16)14-25-11-4-10-21-25/h1,3-7,10-13H,2,8-9,14H2,(H,22,26). The molecule has 4 rings (SSSR count). The Labute approximate surface area is 166 Å². The van der Waals surface area contributed by atoms with Crippen LogP contribution in [0.5, 0.6) is 0 Å². The second-order valence-electron chi connectivity index (χ2n) is 6.29. The quantitative estimate of drug-likeness (QED) is 0.489. The smallest absolute Gasteiger partial charge is 0.226 e. The van der Waals surface area contributed by atoms with E-state index in [4.69, 9.17) is 4.52 Å². The largest absolute Gasteiger partial charge is 0.339 e. The number of benzene rings is 1. The highest BCUT2D eigenvalue weighted by Crippen LogP contribution is 2.21. The Morgan fingerprint density at radius 2 is 2.18 bits per heavy atom. The molecule has 0 atom stereocenters. The normalized spacial score (nSPS) is 10.9. The van der Waals surface area contributed by atoms with Crippen LogP contribution >= 0.6 is 11.3 Å². The van der Waals surface area contributed by atoms with Crippen LogP contribution < -0.4 is 5.32 Å².